The molecule has 94 valence electrons. The Bertz CT molecular complexity index is 638. The molecule has 0 aromatic heterocycles. The van der Waals surface area contributed by atoms with Crippen molar-refractivity contribution in [3.05, 3.63) is 59.2 Å². The molecular weight excluding hydrogens is 234 g/mol. The fourth-order valence-corrected chi connectivity index (χ4v) is 2.48. The van der Waals surface area contributed by atoms with Gasteiger partial charge >= 0.3 is 0 Å². The van der Waals surface area contributed by atoms with E-state index in [9.17, 15) is 0 Å². The minimum absolute atomic E-state index is 0.706. The number of fused-ring (bicyclic) bond motifs is 1. The van der Waals surface area contributed by atoms with Gasteiger partial charge in [-0.3, -0.25) is 0 Å². The number of hydrogen-bond acceptors (Lipinski definition) is 3. The summed E-state index contributed by atoms with van der Waals surface area (Å²) in [6.07, 6.45) is 0. The second-order valence-electron chi connectivity index (χ2n) is 4.75. The molecular formula is C16H15N3. The first kappa shape index (κ1) is 11.6. The summed E-state index contributed by atoms with van der Waals surface area (Å²) >= 11 is 0. The summed E-state index contributed by atoms with van der Waals surface area (Å²) in [5.74, 6) is 0. The number of rotatable bonds is 2. The predicted molar refractivity (Wildman–Crippen MR) is 77.0 cm³/mol. The third kappa shape index (κ3) is 2.13. The lowest BCUT2D eigenvalue weighted by Gasteiger charge is -2.17. The fraction of sp³-hybridized carbons (Fsp3) is 0.188. The van der Waals surface area contributed by atoms with Crippen LogP contribution in [0.5, 0.6) is 0 Å². The molecule has 0 saturated heterocycles. The second kappa shape index (κ2) is 4.66. The van der Waals surface area contributed by atoms with Crippen LogP contribution in [0.4, 0.5) is 11.4 Å². The van der Waals surface area contributed by atoms with Crippen molar-refractivity contribution in [3.8, 4) is 6.07 Å². The molecule has 3 heteroatoms. The van der Waals surface area contributed by atoms with E-state index in [4.69, 9.17) is 5.26 Å². The Labute approximate surface area is 113 Å². The van der Waals surface area contributed by atoms with Crippen LogP contribution in [0.3, 0.4) is 0 Å². The second-order valence-corrected chi connectivity index (χ2v) is 4.75. The summed E-state index contributed by atoms with van der Waals surface area (Å²) in [7, 11) is 1.94. The third-order valence-electron chi connectivity index (χ3n) is 3.58. The van der Waals surface area contributed by atoms with Gasteiger partial charge in [-0.05, 0) is 47.5 Å². The maximum absolute atomic E-state index is 8.82. The fourth-order valence-electron chi connectivity index (χ4n) is 2.48. The number of benzene rings is 2. The van der Waals surface area contributed by atoms with Crippen molar-refractivity contribution in [3.63, 3.8) is 0 Å². The van der Waals surface area contributed by atoms with Crippen molar-refractivity contribution in [2.75, 3.05) is 17.3 Å². The average molecular weight is 249 g/mol. The minimum Gasteiger partial charge on any atom is -0.388 e. The van der Waals surface area contributed by atoms with Crippen LogP contribution < -0.4 is 10.2 Å². The minimum atomic E-state index is 0.706. The maximum atomic E-state index is 8.82. The highest BCUT2D eigenvalue weighted by Gasteiger charge is 2.19. The van der Waals surface area contributed by atoms with E-state index in [-0.39, 0.29) is 0 Å². The molecule has 0 atom stereocenters. The van der Waals surface area contributed by atoms with Crippen molar-refractivity contribution >= 4 is 11.4 Å². The largest absolute Gasteiger partial charge is 0.388 e. The summed E-state index contributed by atoms with van der Waals surface area (Å²) in [6.45, 7) is 1.86. The molecule has 19 heavy (non-hydrogen) atoms. The van der Waals surface area contributed by atoms with Gasteiger partial charge in [0.1, 0.15) is 0 Å². The smallest absolute Gasteiger partial charge is 0.0991 e. The van der Waals surface area contributed by atoms with E-state index in [0.29, 0.717) is 5.56 Å². The van der Waals surface area contributed by atoms with Gasteiger partial charge in [0.2, 0.25) is 0 Å². The summed E-state index contributed by atoms with van der Waals surface area (Å²) in [6, 6.07) is 16.4. The van der Waals surface area contributed by atoms with Gasteiger partial charge in [0.15, 0.2) is 0 Å². The van der Waals surface area contributed by atoms with Gasteiger partial charge < -0.3 is 10.2 Å². The van der Waals surface area contributed by atoms with E-state index >= 15 is 0 Å². The summed E-state index contributed by atoms with van der Waals surface area (Å²) in [5, 5.41) is 12.0. The molecule has 1 aliphatic heterocycles. The van der Waals surface area contributed by atoms with Gasteiger partial charge in [0.25, 0.3) is 0 Å². The molecule has 0 unspecified atom stereocenters. The Hall–Kier alpha value is -2.47. The van der Waals surface area contributed by atoms with Gasteiger partial charge in [0, 0.05) is 31.5 Å². The molecule has 1 heterocycles. The molecule has 3 rings (SSSR count). The molecule has 3 nitrogen and oxygen atoms in total. The number of nitriles is 1. The lowest BCUT2D eigenvalue weighted by Crippen LogP contribution is -2.14. The summed E-state index contributed by atoms with van der Waals surface area (Å²) in [4.78, 5) is 2.32. The lowest BCUT2D eigenvalue weighted by molar-refractivity contribution is 0.880. The lowest BCUT2D eigenvalue weighted by atomic mass is 10.1. The molecule has 0 amide bonds. The molecule has 0 aliphatic carbocycles. The number of nitrogens with zero attached hydrogens (tertiary/aromatic N) is 2. The zero-order valence-electron chi connectivity index (χ0n) is 10.9. The van der Waals surface area contributed by atoms with Crippen LogP contribution in [0, 0.1) is 11.3 Å². The molecule has 2 aromatic rings. The quantitative estimate of drug-likeness (QED) is 0.888. The van der Waals surface area contributed by atoms with E-state index in [2.05, 4.69) is 34.5 Å². The van der Waals surface area contributed by atoms with E-state index in [1.165, 1.54) is 16.8 Å². The van der Waals surface area contributed by atoms with Crippen LogP contribution >= 0.6 is 0 Å². The monoisotopic (exact) mass is 249 g/mol. The predicted octanol–water partition coefficient (Wildman–Crippen LogP) is 3.12. The molecule has 0 bridgehead atoms. The molecule has 0 saturated carbocycles. The van der Waals surface area contributed by atoms with E-state index in [1.807, 2.05) is 31.3 Å². The standard InChI is InChI=1S/C16H15N3/c1-18-15-5-4-13-10-19(11-14(13)8-15)16-6-2-12(9-17)3-7-16/h2-8,18H,10-11H2,1H3. The van der Waals surface area contributed by atoms with Gasteiger partial charge in [-0.25, -0.2) is 0 Å². The number of nitrogens with one attached hydrogen (secondary N) is 1. The van der Waals surface area contributed by atoms with Crippen LogP contribution in [0.1, 0.15) is 16.7 Å². The Morgan fingerprint density at radius 3 is 2.47 bits per heavy atom. The normalized spacial score (nSPS) is 12.9. The molecule has 2 aromatic carbocycles. The molecule has 1 aliphatic rings. The van der Waals surface area contributed by atoms with Gasteiger partial charge in [-0.2, -0.15) is 5.26 Å². The van der Waals surface area contributed by atoms with Gasteiger partial charge in [0.05, 0.1) is 11.6 Å². The first-order valence-corrected chi connectivity index (χ1v) is 6.35. The zero-order valence-corrected chi connectivity index (χ0v) is 10.9. The Balaban J connectivity index is 1.84. The van der Waals surface area contributed by atoms with Crippen molar-refractivity contribution in [2.24, 2.45) is 0 Å². The molecule has 1 N–H and O–H groups in total. The summed E-state index contributed by atoms with van der Waals surface area (Å²) in [5.41, 5.74) is 5.78. The zero-order chi connectivity index (χ0) is 13.2. The van der Waals surface area contributed by atoms with Crippen LogP contribution in [-0.4, -0.2) is 7.05 Å². The Kier molecular flexibility index (Phi) is 2.85. The first-order chi connectivity index (χ1) is 9.30. The number of anilines is 2. The van der Waals surface area contributed by atoms with E-state index < -0.39 is 0 Å². The third-order valence-corrected chi connectivity index (χ3v) is 3.58. The average Bonchev–Trinajstić information content (AvgIpc) is 2.90. The van der Waals surface area contributed by atoms with Crippen LogP contribution in [-0.2, 0) is 13.1 Å². The van der Waals surface area contributed by atoms with Crippen molar-refractivity contribution in [2.45, 2.75) is 13.1 Å². The molecule has 0 fully saturated rings. The molecule has 0 radical (unpaired) electrons. The van der Waals surface area contributed by atoms with Crippen molar-refractivity contribution in [1.82, 2.24) is 0 Å². The first-order valence-electron chi connectivity index (χ1n) is 6.35. The van der Waals surface area contributed by atoms with E-state index in [0.717, 1.165) is 18.8 Å². The van der Waals surface area contributed by atoms with Crippen LogP contribution in [0.2, 0.25) is 0 Å². The van der Waals surface area contributed by atoms with E-state index in [1.54, 1.807) is 0 Å². The topological polar surface area (TPSA) is 39.1 Å². The van der Waals surface area contributed by atoms with Crippen LogP contribution in [0.25, 0.3) is 0 Å². The highest BCUT2D eigenvalue weighted by Crippen LogP contribution is 2.29. The Morgan fingerprint density at radius 2 is 1.79 bits per heavy atom. The van der Waals surface area contributed by atoms with Gasteiger partial charge in [-0.15, -0.1) is 0 Å². The number of hydrogen-bond donors (Lipinski definition) is 1. The SMILES string of the molecule is CNc1ccc2c(c1)CN(c1ccc(C#N)cc1)C2. The maximum Gasteiger partial charge on any atom is 0.0991 e. The highest BCUT2D eigenvalue weighted by molar-refractivity contribution is 5.57. The van der Waals surface area contributed by atoms with Crippen LogP contribution in [0.15, 0.2) is 42.5 Å². The summed E-state index contributed by atoms with van der Waals surface area (Å²) < 4.78 is 0. The van der Waals surface area contributed by atoms with Crippen molar-refractivity contribution in [1.29, 1.82) is 5.26 Å². The van der Waals surface area contributed by atoms with Gasteiger partial charge in [-0.1, -0.05) is 6.07 Å². The van der Waals surface area contributed by atoms with Crippen molar-refractivity contribution < 1.29 is 0 Å². The highest BCUT2D eigenvalue weighted by atomic mass is 15.1. The Morgan fingerprint density at radius 1 is 1.05 bits per heavy atom. The molecule has 0 spiro atoms.